The molecule has 1 fully saturated rings. The van der Waals surface area contributed by atoms with Gasteiger partial charge in [0.1, 0.15) is 0 Å². The molecule has 88 valence electrons. The first-order valence-corrected chi connectivity index (χ1v) is 6.22. The van der Waals surface area contributed by atoms with Crippen molar-refractivity contribution in [3.05, 3.63) is 35.9 Å². The first-order valence-electron chi connectivity index (χ1n) is 6.22. The van der Waals surface area contributed by atoms with Crippen LogP contribution in [0, 0.1) is 0 Å². The normalized spacial score (nSPS) is 20.9. The lowest BCUT2D eigenvalue weighted by atomic mass is 10.1. The summed E-state index contributed by atoms with van der Waals surface area (Å²) < 4.78 is 11.2. The molecular formula is C14H20O2. The number of aryl methyl sites for hydroxylation is 1. The maximum atomic E-state index is 5.68. The fourth-order valence-corrected chi connectivity index (χ4v) is 1.98. The molecule has 16 heavy (non-hydrogen) atoms. The highest BCUT2D eigenvalue weighted by Gasteiger charge is 2.13. The van der Waals surface area contributed by atoms with Gasteiger partial charge in [-0.05, 0) is 37.7 Å². The van der Waals surface area contributed by atoms with E-state index >= 15 is 0 Å². The summed E-state index contributed by atoms with van der Waals surface area (Å²) in [6.07, 6.45) is 5.71. The first kappa shape index (κ1) is 11.6. The van der Waals surface area contributed by atoms with Crippen LogP contribution in [-0.4, -0.2) is 19.5 Å². The Morgan fingerprint density at radius 2 is 2.06 bits per heavy atom. The van der Waals surface area contributed by atoms with E-state index in [2.05, 4.69) is 30.3 Å². The molecule has 0 saturated carbocycles. The third-order valence-electron chi connectivity index (χ3n) is 2.89. The SMILES string of the molecule is c1ccc(CCCOC2CCCCO2)cc1. The molecule has 0 spiro atoms. The summed E-state index contributed by atoms with van der Waals surface area (Å²) in [5.74, 6) is 0. The van der Waals surface area contributed by atoms with Gasteiger partial charge in [0.2, 0.25) is 0 Å². The molecule has 1 unspecified atom stereocenters. The van der Waals surface area contributed by atoms with Crippen molar-refractivity contribution < 1.29 is 9.47 Å². The van der Waals surface area contributed by atoms with E-state index in [9.17, 15) is 0 Å². The third kappa shape index (κ3) is 3.95. The van der Waals surface area contributed by atoms with Crippen LogP contribution in [0.1, 0.15) is 31.2 Å². The van der Waals surface area contributed by atoms with Gasteiger partial charge in [0.25, 0.3) is 0 Å². The molecule has 1 heterocycles. The minimum absolute atomic E-state index is 0.0597. The molecule has 0 radical (unpaired) electrons. The summed E-state index contributed by atoms with van der Waals surface area (Å²) in [6.45, 7) is 1.67. The molecule has 2 heteroatoms. The van der Waals surface area contributed by atoms with Crippen LogP contribution in [0.5, 0.6) is 0 Å². The van der Waals surface area contributed by atoms with Crippen LogP contribution in [0.2, 0.25) is 0 Å². The van der Waals surface area contributed by atoms with E-state index in [1.54, 1.807) is 0 Å². The van der Waals surface area contributed by atoms with Crippen molar-refractivity contribution in [1.29, 1.82) is 0 Å². The van der Waals surface area contributed by atoms with Gasteiger partial charge in [-0.3, -0.25) is 0 Å². The van der Waals surface area contributed by atoms with Crippen LogP contribution in [-0.2, 0) is 15.9 Å². The van der Waals surface area contributed by atoms with Gasteiger partial charge in [-0.1, -0.05) is 30.3 Å². The quantitative estimate of drug-likeness (QED) is 0.710. The highest BCUT2D eigenvalue weighted by Crippen LogP contribution is 2.14. The van der Waals surface area contributed by atoms with Gasteiger partial charge < -0.3 is 9.47 Å². The van der Waals surface area contributed by atoms with Crippen LogP contribution in [0.3, 0.4) is 0 Å². The van der Waals surface area contributed by atoms with Crippen molar-refractivity contribution in [3.8, 4) is 0 Å². The van der Waals surface area contributed by atoms with Gasteiger partial charge in [0.05, 0.1) is 6.61 Å². The predicted molar refractivity (Wildman–Crippen MR) is 64.3 cm³/mol. The number of benzene rings is 1. The fourth-order valence-electron chi connectivity index (χ4n) is 1.98. The highest BCUT2D eigenvalue weighted by molar-refractivity contribution is 5.14. The molecule has 2 rings (SSSR count). The maximum absolute atomic E-state index is 5.68. The lowest BCUT2D eigenvalue weighted by molar-refractivity contribution is -0.162. The lowest BCUT2D eigenvalue weighted by Crippen LogP contribution is -2.22. The number of ether oxygens (including phenoxy) is 2. The van der Waals surface area contributed by atoms with Gasteiger partial charge in [-0.2, -0.15) is 0 Å². The van der Waals surface area contributed by atoms with Crippen molar-refractivity contribution in [2.24, 2.45) is 0 Å². The van der Waals surface area contributed by atoms with Crippen LogP contribution in [0.25, 0.3) is 0 Å². The van der Waals surface area contributed by atoms with Gasteiger partial charge in [0, 0.05) is 6.61 Å². The topological polar surface area (TPSA) is 18.5 Å². The Labute approximate surface area is 97.6 Å². The van der Waals surface area contributed by atoms with E-state index in [0.717, 1.165) is 32.5 Å². The summed E-state index contributed by atoms with van der Waals surface area (Å²) in [5.41, 5.74) is 1.38. The summed E-state index contributed by atoms with van der Waals surface area (Å²) in [6, 6.07) is 10.5. The first-order chi connectivity index (χ1) is 7.95. The largest absolute Gasteiger partial charge is 0.353 e. The Morgan fingerprint density at radius 1 is 1.19 bits per heavy atom. The zero-order chi connectivity index (χ0) is 11.1. The Bertz CT molecular complexity index is 278. The second kappa shape index (κ2) is 6.66. The number of hydrogen-bond donors (Lipinski definition) is 0. The Morgan fingerprint density at radius 3 is 2.81 bits per heavy atom. The second-order valence-corrected chi connectivity index (χ2v) is 4.26. The zero-order valence-corrected chi connectivity index (χ0v) is 9.73. The monoisotopic (exact) mass is 220 g/mol. The summed E-state index contributed by atoms with van der Waals surface area (Å²) in [5, 5.41) is 0. The molecular weight excluding hydrogens is 200 g/mol. The third-order valence-corrected chi connectivity index (χ3v) is 2.89. The standard InChI is InChI=1S/C14H20O2/c1-2-7-13(8-3-1)9-6-12-16-14-10-4-5-11-15-14/h1-3,7-8,14H,4-6,9-12H2. The van der Waals surface area contributed by atoms with Crippen LogP contribution in [0.15, 0.2) is 30.3 Å². The minimum atomic E-state index is 0.0597. The highest BCUT2D eigenvalue weighted by atomic mass is 16.7. The van der Waals surface area contributed by atoms with Gasteiger partial charge >= 0.3 is 0 Å². The molecule has 1 saturated heterocycles. The molecule has 0 amide bonds. The molecule has 0 aromatic heterocycles. The molecule has 1 aliphatic rings. The fraction of sp³-hybridized carbons (Fsp3) is 0.571. The Balaban J connectivity index is 1.58. The molecule has 1 atom stereocenters. The van der Waals surface area contributed by atoms with Crippen LogP contribution in [0.4, 0.5) is 0 Å². The molecule has 0 aliphatic carbocycles. The molecule has 0 N–H and O–H groups in total. The van der Waals surface area contributed by atoms with Crippen molar-refractivity contribution in [1.82, 2.24) is 0 Å². The smallest absolute Gasteiger partial charge is 0.157 e. The summed E-state index contributed by atoms with van der Waals surface area (Å²) >= 11 is 0. The Hall–Kier alpha value is -0.860. The average molecular weight is 220 g/mol. The van der Waals surface area contributed by atoms with Gasteiger partial charge in [0.15, 0.2) is 6.29 Å². The maximum Gasteiger partial charge on any atom is 0.157 e. The van der Waals surface area contributed by atoms with Crippen molar-refractivity contribution in [2.45, 2.75) is 38.4 Å². The molecule has 1 aromatic rings. The van der Waals surface area contributed by atoms with E-state index in [1.165, 1.54) is 18.4 Å². The molecule has 0 bridgehead atoms. The minimum Gasteiger partial charge on any atom is -0.353 e. The van der Waals surface area contributed by atoms with E-state index in [4.69, 9.17) is 9.47 Å². The van der Waals surface area contributed by atoms with E-state index in [-0.39, 0.29) is 6.29 Å². The van der Waals surface area contributed by atoms with E-state index in [0.29, 0.717) is 0 Å². The average Bonchev–Trinajstić information content (AvgIpc) is 2.37. The Kier molecular flexibility index (Phi) is 4.84. The van der Waals surface area contributed by atoms with Gasteiger partial charge in [-0.25, -0.2) is 0 Å². The summed E-state index contributed by atoms with van der Waals surface area (Å²) in [4.78, 5) is 0. The summed E-state index contributed by atoms with van der Waals surface area (Å²) in [7, 11) is 0. The van der Waals surface area contributed by atoms with Crippen molar-refractivity contribution >= 4 is 0 Å². The van der Waals surface area contributed by atoms with E-state index < -0.39 is 0 Å². The number of hydrogen-bond acceptors (Lipinski definition) is 2. The predicted octanol–water partition coefficient (Wildman–Crippen LogP) is 3.16. The van der Waals surface area contributed by atoms with Crippen molar-refractivity contribution in [3.63, 3.8) is 0 Å². The van der Waals surface area contributed by atoms with Gasteiger partial charge in [-0.15, -0.1) is 0 Å². The molecule has 1 aliphatic heterocycles. The molecule has 2 nitrogen and oxygen atoms in total. The number of rotatable bonds is 5. The second-order valence-electron chi connectivity index (χ2n) is 4.26. The van der Waals surface area contributed by atoms with Crippen molar-refractivity contribution in [2.75, 3.05) is 13.2 Å². The zero-order valence-electron chi connectivity index (χ0n) is 9.73. The van der Waals surface area contributed by atoms with Crippen LogP contribution >= 0.6 is 0 Å². The van der Waals surface area contributed by atoms with Crippen LogP contribution < -0.4 is 0 Å². The van der Waals surface area contributed by atoms with E-state index in [1.807, 2.05) is 0 Å². The lowest BCUT2D eigenvalue weighted by Gasteiger charge is -2.22. The molecule has 1 aromatic carbocycles.